The van der Waals surface area contributed by atoms with Gasteiger partial charge in [0.05, 0.1) is 12.5 Å². The second-order valence-electron chi connectivity index (χ2n) is 10.6. The number of carbonyl (C=O) groups is 4. The Kier molecular flexibility index (Phi) is 10.4. The zero-order chi connectivity index (χ0) is 28.7. The molecular formula is C29H39N3O7. The number of aromatic nitrogens is 1. The average molecular weight is 542 g/mol. The van der Waals surface area contributed by atoms with E-state index in [-0.39, 0.29) is 60.3 Å². The average Bonchev–Trinajstić information content (AvgIpc) is 3.49. The Hall–Kier alpha value is -3.53. The van der Waals surface area contributed by atoms with Crippen molar-refractivity contribution in [1.82, 2.24) is 15.2 Å². The molecule has 1 fully saturated rings. The van der Waals surface area contributed by atoms with Crippen LogP contribution in [-0.2, 0) is 25.5 Å². The summed E-state index contributed by atoms with van der Waals surface area (Å²) < 4.78 is 11.5. The number of cyclic esters (lactones) is 1. The van der Waals surface area contributed by atoms with Crippen LogP contribution in [0.2, 0.25) is 0 Å². The van der Waals surface area contributed by atoms with Crippen LogP contribution >= 0.6 is 0 Å². The number of ketones is 1. The first kappa shape index (κ1) is 30.0. The monoisotopic (exact) mass is 541 g/mol. The number of rotatable bonds is 1. The van der Waals surface area contributed by atoms with E-state index < -0.39 is 30.1 Å². The molecule has 212 valence electrons. The number of allylic oxidation sites excluding steroid dienone is 2. The summed E-state index contributed by atoms with van der Waals surface area (Å²) in [6.07, 6.45) is 7.44. The summed E-state index contributed by atoms with van der Waals surface area (Å²) in [7, 11) is 0. The number of aliphatic hydroxyl groups excluding tert-OH is 1. The fraction of sp³-hybridized carbons (Fsp3) is 0.552. The van der Waals surface area contributed by atoms with Crippen molar-refractivity contribution < 1.29 is 33.4 Å². The molecule has 0 spiro atoms. The Morgan fingerprint density at radius 3 is 2.62 bits per heavy atom. The van der Waals surface area contributed by atoms with Crippen molar-refractivity contribution in [2.45, 2.75) is 78.6 Å². The summed E-state index contributed by atoms with van der Waals surface area (Å²) in [5.74, 6) is -1.47. The van der Waals surface area contributed by atoms with Gasteiger partial charge >= 0.3 is 5.97 Å². The Bertz CT molecular complexity index is 1160. The molecule has 2 bridgehead atoms. The largest absolute Gasteiger partial charge is 0.460 e. The summed E-state index contributed by atoms with van der Waals surface area (Å²) in [4.78, 5) is 57.2. The molecule has 1 unspecified atom stereocenters. The van der Waals surface area contributed by atoms with Gasteiger partial charge in [-0.3, -0.25) is 14.4 Å². The number of oxazole rings is 1. The van der Waals surface area contributed by atoms with Crippen LogP contribution in [0.25, 0.3) is 0 Å². The van der Waals surface area contributed by atoms with Crippen molar-refractivity contribution in [3.8, 4) is 0 Å². The van der Waals surface area contributed by atoms with Gasteiger partial charge in [-0.25, -0.2) is 9.78 Å². The summed E-state index contributed by atoms with van der Waals surface area (Å²) in [6, 6.07) is -0.766. The molecule has 2 amide bonds. The van der Waals surface area contributed by atoms with Gasteiger partial charge in [0.15, 0.2) is 5.69 Å². The molecule has 0 saturated carbocycles. The lowest BCUT2D eigenvalue weighted by Gasteiger charge is -2.29. The maximum Gasteiger partial charge on any atom is 0.329 e. The van der Waals surface area contributed by atoms with E-state index in [1.54, 1.807) is 38.2 Å². The molecule has 1 saturated heterocycles. The minimum absolute atomic E-state index is 0.0254. The lowest BCUT2D eigenvalue weighted by Crippen LogP contribution is -2.44. The molecule has 4 atom stereocenters. The first-order valence-electron chi connectivity index (χ1n) is 13.4. The van der Waals surface area contributed by atoms with Gasteiger partial charge in [-0.05, 0) is 38.7 Å². The number of hydrogen-bond acceptors (Lipinski definition) is 8. The first-order valence-corrected chi connectivity index (χ1v) is 13.4. The number of fused-ring (bicyclic) bond motifs is 3. The van der Waals surface area contributed by atoms with E-state index in [0.717, 1.165) is 5.57 Å². The summed E-state index contributed by atoms with van der Waals surface area (Å²) in [5.41, 5.74) is 0.786. The van der Waals surface area contributed by atoms with Gasteiger partial charge in [-0.2, -0.15) is 0 Å². The Morgan fingerprint density at radius 1 is 1.15 bits per heavy atom. The number of aryl methyl sites for hydroxylation is 1. The fourth-order valence-electron chi connectivity index (χ4n) is 4.88. The molecule has 0 aliphatic carbocycles. The molecular weight excluding hydrogens is 502 g/mol. The van der Waals surface area contributed by atoms with Crippen LogP contribution in [-0.4, -0.2) is 69.9 Å². The molecule has 0 radical (unpaired) electrons. The van der Waals surface area contributed by atoms with Crippen molar-refractivity contribution >= 4 is 23.6 Å². The topological polar surface area (TPSA) is 139 Å². The maximum absolute atomic E-state index is 13.4. The van der Waals surface area contributed by atoms with Crippen molar-refractivity contribution in [3.05, 3.63) is 53.3 Å². The van der Waals surface area contributed by atoms with Crippen LogP contribution < -0.4 is 5.32 Å². The maximum atomic E-state index is 13.4. The van der Waals surface area contributed by atoms with Gasteiger partial charge < -0.3 is 24.5 Å². The van der Waals surface area contributed by atoms with Crippen LogP contribution in [0.4, 0.5) is 0 Å². The predicted octanol–water partition coefficient (Wildman–Crippen LogP) is 2.84. The lowest BCUT2D eigenvalue weighted by atomic mass is 9.94. The van der Waals surface area contributed by atoms with Crippen molar-refractivity contribution in [2.75, 3.05) is 13.1 Å². The van der Waals surface area contributed by atoms with E-state index in [9.17, 15) is 24.3 Å². The molecule has 2 N–H and O–H groups in total. The minimum Gasteiger partial charge on any atom is -0.460 e. The van der Waals surface area contributed by atoms with Crippen molar-refractivity contribution in [3.63, 3.8) is 0 Å². The van der Waals surface area contributed by atoms with E-state index in [2.05, 4.69) is 10.3 Å². The highest BCUT2D eigenvalue weighted by atomic mass is 16.5. The molecule has 2 aliphatic heterocycles. The van der Waals surface area contributed by atoms with E-state index in [1.807, 2.05) is 20.8 Å². The van der Waals surface area contributed by atoms with Gasteiger partial charge in [0.1, 0.15) is 23.7 Å². The summed E-state index contributed by atoms with van der Waals surface area (Å²) >= 11 is 0. The smallest absolute Gasteiger partial charge is 0.329 e. The minimum atomic E-state index is -1.01. The fourth-order valence-corrected chi connectivity index (χ4v) is 4.88. The predicted molar refractivity (Wildman–Crippen MR) is 144 cm³/mol. The van der Waals surface area contributed by atoms with Crippen LogP contribution in [0.3, 0.4) is 0 Å². The molecule has 1 aromatic heterocycles. The van der Waals surface area contributed by atoms with Crippen LogP contribution in [0, 0.1) is 18.8 Å². The SMILES string of the molecule is CC1=C\[C@@H](O)CC(=O)Cc2nc(c(C)o2)C(=O)N2CCCC2C(=O)O[C@H](C(C)C)[C@H](C)/C=C/C(=O)NC\C=C\1. The number of nitrogens with one attached hydrogen (secondary N) is 1. The third-order valence-electron chi connectivity index (χ3n) is 6.82. The second-order valence-corrected chi connectivity index (χ2v) is 10.6. The third kappa shape index (κ3) is 8.23. The first-order chi connectivity index (χ1) is 18.5. The highest BCUT2D eigenvalue weighted by Gasteiger charge is 2.39. The zero-order valence-electron chi connectivity index (χ0n) is 23.3. The number of Topliss-reactive ketones (excluding diaryl/α,β-unsaturated/α-hetero) is 1. The van der Waals surface area contributed by atoms with E-state index in [0.29, 0.717) is 19.4 Å². The lowest BCUT2D eigenvalue weighted by molar-refractivity contribution is -0.158. The number of esters is 1. The molecule has 10 nitrogen and oxygen atoms in total. The number of amides is 2. The molecule has 1 aromatic rings. The highest BCUT2D eigenvalue weighted by Crippen LogP contribution is 2.26. The van der Waals surface area contributed by atoms with E-state index in [1.165, 1.54) is 11.0 Å². The number of hydrogen-bond donors (Lipinski definition) is 2. The Balaban J connectivity index is 1.89. The Morgan fingerprint density at radius 2 is 1.90 bits per heavy atom. The molecule has 10 heteroatoms. The number of carbonyl (C=O) groups excluding carboxylic acids is 4. The van der Waals surface area contributed by atoms with Gasteiger partial charge in [0, 0.05) is 25.4 Å². The van der Waals surface area contributed by atoms with E-state index >= 15 is 0 Å². The molecule has 2 aliphatic rings. The third-order valence-corrected chi connectivity index (χ3v) is 6.82. The van der Waals surface area contributed by atoms with Gasteiger partial charge in [-0.15, -0.1) is 0 Å². The second kappa shape index (κ2) is 13.5. The number of ether oxygens (including phenoxy) is 1. The van der Waals surface area contributed by atoms with Gasteiger partial charge in [-0.1, -0.05) is 50.6 Å². The summed E-state index contributed by atoms with van der Waals surface area (Å²) in [5, 5.41) is 13.1. The molecule has 0 aromatic carbocycles. The number of aliphatic hydroxyl groups is 1. The summed E-state index contributed by atoms with van der Waals surface area (Å²) in [6.45, 7) is 9.76. The van der Waals surface area contributed by atoms with Crippen LogP contribution in [0.15, 0.2) is 40.4 Å². The van der Waals surface area contributed by atoms with Gasteiger partial charge in [0.2, 0.25) is 11.8 Å². The molecule has 3 heterocycles. The normalized spacial score (nSPS) is 29.3. The number of nitrogens with zero attached hydrogens (tertiary/aromatic N) is 2. The Labute approximate surface area is 229 Å². The quantitative estimate of drug-likeness (QED) is 0.518. The van der Waals surface area contributed by atoms with Crippen molar-refractivity contribution in [1.29, 1.82) is 0 Å². The van der Waals surface area contributed by atoms with Crippen LogP contribution in [0.1, 0.15) is 69.1 Å². The van der Waals surface area contributed by atoms with Gasteiger partial charge in [0.25, 0.3) is 5.91 Å². The van der Waals surface area contributed by atoms with Crippen molar-refractivity contribution in [2.24, 2.45) is 11.8 Å². The highest BCUT2D eigenvalue weighted by molar-refractivity contribution is 5.96. The standard InChI is InChI=1S/C29H39N3O7/c1-17(2)27-19(4)10-11-24(35)30-12-6-8-18(3)14-21(33)15-22(34)16-25-31-26(20(5)38-25)28(36)32-13-7-9-23(32)29(37)39-27/h6,8,10-11,14,17,19,21,23,27,33H,7,9,12-13,15-16H2,1-5H3,(H,30,35)/b8-6+,11-10+,18-14+/t19-,21-,23?,27-/m1/s1. The van der Waals surface area contributed by atoms with Crippen LogP contribution in [0.5, 0.6) is 0 Å². The zero-order valence-corrected chi connectivity index (χ0v) is 23.3. The molecule has 39 heavy (non-hydrogen) atoms. The molecule has 3 rings (SSSR count). The van der Waals surface area contributed by atoms with E-state index in [4.69, 9.17) is 9.15 Å².